The Morgan fingerprint density at radius 2 is 1.90 bits per heavy atom. The van der Waals surface area contributed by atoms with E-state index in [-0.39, 0.29) is 5.56 Å². The summed E-state index contributed by atoms with van der Waals surface area (Å²) in [5.74, 6) is -0.0568. The van der Waals surface area contributed by atoms with Gasteiger partial charge in [0, 0.05) is 57.2 Å². The van der Waals surface area contributed by atoms with E-state index in [1.54, 1.807) is 24.4 Å². The number of anilines is 1. The molecule has 8 nitrogen and oxygen atoms in total. The van der Waals surface area contributed by atoms with Crippen LogP contribution in [0.5, 0.6) is 0 Å². The highest BCUT2D eigenvalue weighted by Crippen LogP contribution is 2.26. The summed E-state index contributed by atoms with van der Waals surface area (Å²) in [4.78, 5) is 27.9. The lowest BCUT2D eigenvalue weighted by molar-refractivity contribution is 0.0697. The molecule has 0 aliphatic carbocycles. The first-order valence-corrected chi connectivity index (χ1v) is 11.0. The summed E-state index contributed by atoms with van der Waals surface area (Å²) in [6, 6.07) is 6.93. The zero-order valence-electron chi connectivity index (χ0n) is 18.2. The Morgan fingerprint density at radius 1 is 1.13 bits per heavy atom. The second-order valence-corrected chi connectivity index (χ2v) is 7.83. The van der Waals surface area contributed by atoms with Gasteiger partial charge in [0.25, 0.3) is 0 Å². The molecule has 0 spiro atoms. The Bertz CT molecular complexity index is 1040. The lowest BCUT2D eigenvalue weighted by Crippen LogP contribution is -2.48. The van der Waals surface area contributed by atoms with Crippen LogP contribution in [0, 0.1) is 0 Å². The number of piperazine rings is 1. The Kier molecular flexibility index (Phi) is 6.48. The molecule has 0 atom stereocenters. The van der Waals surface area contributed by atoms with Gasteiger partial charge in [0.15, 0.2) is 11.5 Å². The van der Waals surface area contributed by atoms with Gasteiger partial charge in [0.1, 0.15) is 0 Å². The van der Waals surface area contributed by atoms with Gasteiger partial charge in [-0.25, -0.2) is 14.8 Å². The first-order chi connectivity index (χ1) is 15.1. The molecule has 164 valence electrons. The van der Waals surface area contributed by atoms with Crippen molar-refractivity contribution in [2.24, 2.45) is 0 Å². The Morgan fingerprint density at radius 3 is 2.61 bits per heavy atom. The van der Waals surface area contributed by atoms with Crippen molar-refractivity contribution >= 4 is 17.4 Å². The van der Waals surface area contributed by atoms with E-state index < -0.39 is 5.97 Å². The molecule has 0 radical (unpaired) electrons. The van der Waals surface area contributed by atoms with Crippen molar-refractivity contribution in [1.82, 2.24) is 24.2 Å². The molecular formula is C23H30N6O2. The molecular weight excluding hydrogens is 392 g/mol. The zero-order chi connectivity index (χ0) is 21.8. The predicted octanol–water partition coefficient (Wildman–Crippen LogP) is 2.56. The fourth-order valence-electron chi connectivity index (χ4n) is 4.16. The average Bonchev–Trinajstić information content (AvgIpc) is 3.30. The van der Waals surface area contributed by atoms with Crippen molar-refractivity contribution in [1.29, 1.82) is 0 Å². The molecule has 8 heteroatoms. The van der Waals surface area contributed by atoms with E-state index in [0.717, 1.165) is 75.1 Å². The van der Waals surface area contributed by atoms with Crippen LogP contribution >= 0.6 is 0 Å². The average molecular weight is 423 g/mol. The van der Waals surface area contributed by atoms with Gasteiger partial charge in [-0.1, -0.05) is 26.0 Å². The lowest BCUT2D eigenvalue weighted by atomic mass is 10.1. The smallest absolute Gasteiger partial charge is 0.335 e. The molecule has 3 aromatic rings. The minimum atomic E-state index is -0.938. The van der Waals surface area contributed by atoms with Gasteiger partial charge in [-0.2, -0.15) is 0 Å². The highest BCUT2D eigenvalue weighted by Gasteiger charge is 2.22. The number of likely N-dealkylation sites (N-methyl/N-ethyl adjacent to an activating group) is 1. The maximum absolute atomic E-state index is 11.4. The number of carboxylic acids is 1. The molecule has 1 fully saturated rings. The highest BCUT2D eigenvalue weighted by atomic mass is 16.4. The third-order valence-electron chi connectivity index (χ3n) is 6.11. The van der Waals surface area contributed by atoms with E-state index in [1.165, 1.54) is 0 Å². The van der Waals surface area contributed by atoms with Gasteiger partial charge in [0.2, 0.25) is 0 Å². The number of nitrogens with zero attached hydrogens (tertiary/aromatic N) is 6. The number of benzene rings is 1. The molecule has 3 heterocycles. The van der Waals surface area contributed by atoms with Crippen molar-refractivity contribution in [3.63, 3.8) is 0 Å². The Labute approximate surface area is 182 Å². The van der Waals surface area contributed by atoms with E-state index >= 15 is 0 Å². The summed E-state index contributed by atoms with van der Waals surface area (Å²) >= 11 is 0. The van der Waals surface area contributed by atoms with Crippen molar-refractivity contribution in [2.75, 3.05) is 57.3 Å². The maximum Gasteiger partial charge on any atom is 0.335 e. The minimum absolute atomic E-state index is 0.260. The first-order valence-electron chi connectivity index (χ1n) is 11.0. The van der Waals surface area contributed by atoms with Gasteiger partial charge in [-0.3, -0.25) is 9.30 Å². The molecule has 1 saturated heterocycles. The molecule has 31 heavy (non-hydrogen) atoms. The first kappa shape index (κ1) is 21.3. The number of aromatic carboxylic acids is 1. The van der Waals surface area contributed by atoms with Crippen LogP contribution in [0.25, 0.3) is 16.9 Å². The number of carbonyl (C=O) groups is 1. The van der Waals surface area contributed by atoms with E-state index in [1.807, 2.05) is 22.9 Å². The summed E-state index contributed by atoms with van der Waals surface area (Å²) in [5, 5.41) is 9.31. The Hall–Kier alpha value is -2.97. The summed E-state index contributed by atoms with van der Waals surface area (Å²) < 4.78 is 2.00. The summed E-state index contributed by atoms with van der Waals surface area (Å²) in [6.45, 7) is 12.7. The van der Waals surface area contributed by atoms with Crippen molar-refractivity contribution in [3.8, 4) is 11.3 Å². The van der Waals surface area contributed by atoms with Crippen LogP contribution in [0.3, 0.4) is 0 Å². The zero-order valence-corrected chi connectivity index (χ0v) is 18.2. The number of imidazole rings is 1. The van der Waals surface area contributed by atoms with Crippen LogP contribution in [-0.4, -0.2) is 87.6 Å². The van der Waals surface area contributed by atoms with Crippen LogP contribution in [0.4, 0.5) is 5.82 Å². The molecule has 1 N–H and O–H groups in total. The van der Waals surface area contributed by atoms with Gasteiger partial charge < -0.3 is 14.9 Å². The van der Waals surface area contributed by atoms with Gasteiger partial charge in [0.05, 0.1) is 17.5 Å². The molecule has 1 aliphatic rings. The van der Waals surface area contributed by atoms with Crippen LogP contribution in [0.1, 0.15) is 24.2 Å². The molecule has 4 rings (SSSR count). The Balaban J connectivity index is 1.51. The number of rotatable bonds is 8. The molecule has 1 aromatic carbocycles. The molecule has 1 aliphatic heterocycles. The van der Waals surface area contributed by atoms with Gasteiger partial charge in [-0.15, -0.1) is 0 Å². The number of aromatic nitrogens is 3. The molecule has 2 aromatic heterocycles. The monoisotopic (exact) mass is 422 g/mol. The van der Waals surface area contributed by atoms with E-state index in [9.17, 15) is 9.90 Å². The predicted molar refractivity (Wildman–Crippen MR) is 122 cm³/mol. The van der Waals surface area contributed by atoms with Crippen LogP contribution in [0.2, 0.25) is 0 Å². The molecule has 0 unspecified atom stereocenters. The quantitative estimate of drug-likeness (QED) is 0.598. The minimum Gasteiger partial charge on any atom is -0.478 e. The second-order valence-electron chi connectivity index (χ2n) is 7.83. The lowest BCUT2D eigenvalue weighted by Gasteiger charge is -2.36. The van der Waals surface area contributed by atoms with Crippen molar-refractivity contribution in [3.05, 3.63) is 48.4 Å². The third-order valence-corrected chi connectivity index (χ3v) is 6.11. The van der Waals surface area contributed by atoms with Crippen molar-refractivity contribution < 1.29 is 9.90 Å². The summed E-state index contributed by atoms with van der Waals surface area (Å²) in [5.41, 5.74) is 2.70. The fraction of sp³-hybridized carbons (Fsp3) is 0.435. The van der Waals surface area contributed by atoms with Crippen LogP contribution in [-0.2, 0) is 0 Å². The topological polar surface area (TPSA) is 77.2 Å². The van der Waals surface area contributed by atoms with Crippen LogP contribution < -0.4 is 4.90 Å². The molecule has 0 amide bonds. The molecule has 0 saturated carbocycles. The van der Waals surface area contributed by atoms with Crippen LogP contribution in [0.15, 0.2) is 42.9 Å². The van der Waals surface area contributed by atoms with E-state index in [2.05, 4.69) is 33.5 Å². The van der Waals surface area contributed by atoms with Gasteiger partial charge in [-0.05, 0) is 25.2 Å². The van der Waals surface area contributed by atoms with Crippen molar-refractivity contribution in [2.45, 2.75) is 13.8 Å². The summed E-state index contributed by atoms with van der Waals surface area (Å²) in [7, 11) is 0. The number of hydrogen-bond donors (Lipinski definition) is 1. The standard InChI is InChI=1S/C23H30N6O2/c1-3-26(4-2)10-11-27-12-14-28(15-13-27)21-22-24-8-9-29(22)20(17-25-21)18-6-5-7-19(16-18)23(30)31/h5-9,16-17H,3-4,10-15H2,1-2H3,(H,30,31). The van der Waals surface area contributed by atoms with Gasteiger partial charge >= 0.3 is 5.97 Å². The number of hydrogen-bond acceptors (Lipinski definition) is 6. The largest absolute Gasteiger partial charge is 0.478 e. The normalized spacial score (nSPS) is 15.1. The number of carboxylic acid groups (broad SMARTS) is 1. The fourth-order valence-corrected chi connectivity index (χ4v) is 4.16. The SMILES string of the molecule is CCN(CC)CCN1CCN(c2ncc(-c3cccc(C(=O)O)c3)n3ccnc23)CC1. The maximum atomic E-state index is 11.4. The molecule has 0 bridgehead atoms. The number of fused-ring (bicyclic) bond motifs is 1. The third kappa shape index (κ3) is 4.55. The van der Waals surface area contributed by atoms with E-state index in [4.69, 9.17) is 4.98 Å². The second kappa shape index (κ2) is 9.45. The van der Waals surface area contributed by atoms with E-state index in [0.29, 0.717) is 0 Å². The highest BCUT2D eigenvalue weighted by molar-refractivity contribution is 5.89. The summed E-state index contributed by atoms with van der Waals surface area (Å²) in [6.07, 6.45) is 5.49.